The second kappa shape index (κ2) is 5.55. The number of hydrogen-bond acceptors (Lipinski definition) is 4. The Bertz CT molecular complexity index is 625. The molecule has 116 valence electrons. The van der Waals surface area contributed by atoms with Crippen molar-refractivity contribution in [3.63, 3.8) is 0 Å². The molecule has 1 aromatic rings. The highest BCUT2D eigenvalue weighted by molar-refractivity contribution is 7.89. The number of nitrogens with zero attached hydrogens (tertiary/aromatic N) is 1. The van der Waals surface area contributed by atoms with Crippen molar-refractivity contribution in [1.29, 1.82) is 0 Å². The summed E-state index contributed by atoms with van der Waals surface area (Å²) in [6, 6.07) is 3.48. The van der Waals surface area contributed by atoms with Crippen LogP contribution in [0.2, 0.25) is 0 Å². The first kappa shape index (κ1) is 14.7. The number of sulfonamides is 1. The lowest BCUT2D eigenvalue weighted by molar-refractivity contribution is 0.180. The summed E-state index contributed by atoms with van der Waals surface area (Å²) in [5, 5.41) is 0. The SMILES string of the molecule is Nc1ccc(F)cc1S(=O)(=O)N(CC1CCOC1)C1CC1. The van der Waals surface area contributed by atoms with Crippen LogP contribution in [-0.2, 0) is 14.8 Å². The first-order valence-corrected chi connectivity index (χ1v) is 8.57. The van der Waals surface area contributed by atoms with E-state index in [1.54, 1.807) is 0 Å². The molecule has 1 atom stereocenters. The lowest BCUT2D eigenvalue weighted by Crippen LogP contribution is -2.37. The number of halogens is 1. The fraction of sp³-hybridized carbons (Fsp3) is 0.571. The Morgan fingerprint density at radius 1 is 1.33 bits per heavy atom. The highest BCUT2D eigenvalue weighted by atomic mass is 32.2. The quantitative estimate of drug-likeness (QED) is 0.838. The molecule has 1 saturated heterocycles. The number of benzene rings is 1. The zero-order valence-electron chi connectivity index (χ0n) is 11.7. The highest BCUT2D eigenvalue weighted by Crippen LogP contribution is 2.35. The predicted molar refractivity (Wildman–Crippen MR) is 76.7 cm³/mol. The van der Waals surface area contributed by atoms with Crippen molar-refractivity contribution in [1.82, 2.24) is 4.31 Å². The van der Waals surface area contributed by atoms with Crippen LogP contribution in [0.15, 0.2) is 23.1 Å². The van der Waals surface area contributed by atoms with Crippen molar-refractivity contribution in [2.24, 2.45) is 5.92 Å². The molecular formula is C14H19FN2O3S. The number of nitrogens with two attached hydrogens (primary N) is 1. The molecule has 1 aliphatic heterocycles. The molecule has 0 aromatic heterocycles. The molecule has 0 amide bonds. The Kier molecular flexibility index (Phi) is 3.90. The van der Waals surface area contributed by atoms with Crippen LogP contribution in [0.4, 0.5) is 10.1 Å². The third-order valence-electron chi connectivity index (χ3n) is 3.98. The third kappa shape index (κ3) is 3.04. The van der Waals surface area contributed by atoms with Gasteiger partial charge in [-0.25, -0.2) is 12.8 Å². The average Bonchev–Trinajstić information content (AvgIpc) is 3.14. The summed E-state index contributed by atoms with van der Waals surface area (Å²) < 4.78 is 45.8. The zero-order chi connectivity index (χ0) is 15.0. The van der Waals surface area contributed by atoms with Gasteiger partial charge in [0.15, 0.2) is 0 Å². The van der Waals surface area contributed by atoms with Crippen molar-refractivity contribution < 1.29 is 17.5 Å². The van der Waals surface area contributed by atoms with E-state index in [0.29, 0.717) is 19.8 Å². The molecular weight excluding hydrogens is 295 g/mol. The maximum atomic E-state index is 13.4. The summed E-state index contributed by atoms with van der Waals surface area (Å²) in [5.74, 6) is -0.391. The fourth-order valence-corrected chi connectivity index (χ4v) is 4.54. The minimum absolute atomic E-state index is 0.0123. The number of rotatable bonds is 5. The van der Waals surface area contributed by atoms with Crippen molar-refractivity contribution in [3.05, 3.63) is 24.0 Å². The number of anilines is 1. The predicted octanol–water partition coefficient (Wildman–Crippen LogP) is 1.60. The van der Waals surface area contributed by atoms with Gasteiger partial charge in [0.25, 0.3) is 0 Å². The fourth-order valence-electron chi connectivity index (χ4n) is 2.65. The Hall–Kier alpha value is -1.18. The summed E-state index contributed by atoms with van der Waals surface area (Å²) in [5.41, 5.74) is 5.83. The average molecular weight is 314 g/mol. The molecule has 1 unspecified atom stereocenters. The normalized spacial score (nSPS) is 22.9. The van der Waals surface area contributed by atoms with Crippen molar-refractivity contribution >= 4 is 15.7 Å². The van der Waals surface area contributed by atoms with Crippen LogP contribution in [0.5, 0.6) is 0 Å². The maximum absolute atomic E-state index is 13.4. The zero-order valence-corrected chi connectivity index (χ0v) is 12.5. The van der Waals surface area contributed by atoms with E-state index >= 15 is 0 Å². The van der Waals surface area contributed by atoms with Crippen LogP contribution in [0.3, 0.4) is 0 Å². The monoisotopic (exact) mass is 314 g/mol. The van der Waals surface area contributed by atoms with Gasteiger partial charge in [-0.05, 0) is 43.4 Å². The van der Waals surface area contributed by atoms with E-state index in [2.05, 4.69) is 0 Å². The van der Waals surface area contributed by atoms with Gasteiger partial charge in [-0.1, -0.05) is 0 Å². The topological polar surface area (TPSA) is 72.6 Å². The highest BCUT2D eigenvalue weighted by Gasteiger charge is 2.40. The van der Waals surface area contributed by atoms with Crippen molar-refractivity contribution in [2.45, 2.75) is 30.2 Å². The van der Waals surface area contributed by atoms with Gasteiger partial charge in [0.05, 0.1) is 12.3 Å². The summed E-state index contributed by atoms with van der Waals surface area (Å²) >= 11 is 0. The minimum Gasteiger partial charge on any atom is -0.398 e. The standard InChI is InChI=1S/C14H19FN2O3S/c15-11-1-4-13(16)14(7-11)21(18,19)17(12-2-3-12)8-10-5-6-20-9-10/h1,4,7,10,12H,2-3,5-6,8-9,16H2. The van der Waals surface area contributed by atoms with Crippen LogP contribution in [-0.4, -0.2) is 38.5 Å². The Morgan fingerprint density at radius 3 is 2.71 bits per heavy atom. The Labute approximate surface area is 123 Å². The van der Waals surface area contributed by atoms with Crippen LogP contribution >= 0.6 is 0 Å². The molecule has 5 nitrogen and oxygen atoms in total. The molecule has 1 aromatic carbocycles. The van der Waals surface area contributed by atoms with Crippen molar-refractivity contribution in [3.8, 4) is 0 Å². The van der Waals surface area contributed by atoms with Crippen LogP contribution < -0.4 is 5.73 Å². The molecule has 2 fully saturated rings. The smallest absolute Gasteiger partial charge is 0.245 e. The summed E-state index contributed by atoms with van der Waals surface area (Å²) in [4.78, 5) is -0.131. The van der Waals surface area contributed by atoms with Crippen LogP contribution in [0, 0.1) is 11.7 Å². The lowest BCUT2D eigenvalue weighted by Gasteiger charge is -2.25. The van der Waals surface area contributed by atoms with Crippen LogP contribution in [0.25, 0.3) is 0 Å². The third-order valence-corrected chi connectivity index (χ3v) is 5.95. The molecule has 7 heteroatoms. The summed E-state index contributed by atoms with van der Waals surface area (Å²) in [6.07, 6.45) is 2.56. The molecule has 3 rings (SSSR count). The molecule has 2 aliphatic rings. The Balaban J connectivity index is 1.91. The maximum Gasteiger partial charge on any atom is 0.245 e. The minimum atomic E-state index is -3.77. The van der Waals surface area contributed by atoms with Gasteiger partial charge in [-0.15, -0.1) is 0 Å². The van der Waals surface area contributed by atoms with Gasteiger partial charge >= 0.3 is 0 Å². The Morgan fingerprint density at radius 2 is 2.10 bits per heavy atom. The number of hydrogen-bond donors (Lipinski definition) is 1. The van der Waals surface area contributed by atoms with Gasteiger partial charge in [0.1, 0.15) is 10.7 Å². The van der Waals surface area contributed by atoms with E-state index in [-0.39, 0.29) is 22.5 Å². The molecule has 2 N–H and O–H groups in total. The van der Waals surface area contributed by atoms with Gasteiger partial charge in [0.2, 0.25) is 10.0 Å². The lowest BCUT2D eigenvalue weighted by atomic mass is 10.1. The molecule has 1 saturated carbocycles. The summed E-state index contributed by atoms with van der Waals surface area (Å²) in [6.45, 7) is 1.67. The first-order chi connectivity index (χ1) is 9.98. The molecule has 0 spiro atoms. The molecule has 21 heavy (non-hydrogen) atoms. The molecule has 0 bridgehead atoms. The van der Waals surface area contributed by atoms with E-state index < -0.39 is 15.8 Å². The van der Waals surface area contributed by atoms with Crippen molar-refractivity contribution in [2.75, 3.05) is 25.5 Å². The number of ether oxygens (including phenoxy) is 1. The molecule has 1 aliphatic carbocycles. The summed E-state index contributed by atoms with van der Waals surface area (Å²) in [7, 11) is -3.77. The van der Waals surface area contributed by atoms with E-state index in [9.17, 15) is 12.8 Å². The largest absolute Gasteiger partial charge is 0.398 e. The second-order valence-electron chi connectivity index (χ2n) is 5.72. The van der Waals surface area contributed by atoms with Gasteiger partial charge in [-0.3, -0.25) is 0 Å². The van der Waals surface area contributed by atoms with Gasteiger partial charge in [0, 0.05) is 19.2 Å². The van der Waals surface area contributed by atoms with E-state index in [1.807, 2.05) is 0 Å². The van der Waals surface area contributed by atoms with Crippen LogP contribution in [0.1, 0.15) is 19.3 Å². The molecule has 0 radical (unpaired) electrons. The van der Waals surface area contributed by atoms with E-state index in [4.69, 9.17) is 10.5 Å². The first-order valence-electron chi connectivity index (χ1n) is 7.13. The van der Waals surface area contributed by atoms with E-state index in [0.717, 1.165) is 25.3 Å². The van der Waals surface area contributed by atoms with Gasteiger partial charge < -0.3 is 10.5 Å². The number of nitrogen functional groups attached to an aromatic ring is 1. The van der Waals surface area contributed by atoms with E-state index in [1.165, 1.54) is 16.4 Å². The molecule has 1 heterocycles. The van der Waals surface area contributed by atoms with Gasteiger partial charge in [-0.2, -0.15) is 4.31 Å². The second-order valence-corrected chi connectivity index (χ2v) is 7.58.